The van der Waals surface area contributed by atoms with Crippen molar-refractivity contribution in [1.29, 1.82) is 0 Å². The number of carbonyl (C=O) groups excluding carboxylic acids is 4. The minimum absolute atomic E-state index is 0.383. The van der Waals surface area contributed by atoms with Crippen molar-refractivity contribution in [3.05, 3.63) is 10.4 Å². The maximum atomic E-state index is 11.5. The summed E-state index contributed by atoms with van der Waals surface area (Å²) in [5.74, 6) is -2.90. The van der Waals surface area contributed by atoms with Gasteiger partial charge in [-0.2, -0.15) is 0 Å². The molecule has 1 aliphatic rings. The SMILES string of the molecule is CC(=O)OC[C@@H]1O[C@@H](OC(C)=O)[C@H](N=[N+]=[N-])[C@H](OC(C)=O)[C@H]1OC(C)=O. The molecular weight excluding hydrogens is 354 g/mol. The molecule has 144 valence electrons. The van der Waals surface area contributed by atoms with E-state index in [9.17, 15) is 19.2 Å². The highest BCUT2D eigenvalue weighted by Crippen LogP contribution is 2.29. The summed E-state index contributed by atoms with van der Waals surface area (Å²) in [5, 5.41) is 3.44. The lowest BCUT2D eigenvalue weighted by atomic mass is 9.97. The lowest BCUT2D eigenvalue weighted by Crippen LogP contribution is -2.61. The second-order valence-electron chi connectivity index (χ2n) is 5.30. The molecular formula is C14H19N3O9. The van der Waals surface area contributed by atoms with Gasteiger partial charge in [-0.3, -0.25) is 19.2 Å². The average molecular weight is 373 g/mol. The predicted molar refractivity (Wildman–Crippen MR) is 81.1 cm³/mol. The van der Waals surface area contributed by atoms with Crippen LogP contribution in [0.15, 0.2) is 5.11 Å². The summed E-state index contributed by atoms with van der Waals surface area (Å²) in [6, 6.07) is -1.33. The molecule has 0 bridgehead atoms. The van der Waals surface area contributed by atoms with Crippen molar-refractivity contribution >= 4 is 23.9 Å². The highest BCUT2D eigenvalue weighted by atomic mass is 16.7. The molecule has 0 amide bonds. The summed E-state index contributed by atoms with van der Waals surface area (Å²) >= 11 is 0. The molecule has 12 heteroatoms. The van der Waals surface area contributed by atoms with Crippen LogP contribution in [0.1, 0.15) is 27.7 Å². The molecule has 1 fully saturated rings. The summed E-state index contributed by atoms with van der Waals surface area (Å²) in [6.07, 6.45) is -5.18. The van der Waals surface area contributed by atoms with Crippen LogP contribution in [0, 0.1) is 0 Å². The lowest BCUT2D eigenvalue weighted by Gasteiger charge is -2.42. The van der Waals surface area contributed by atoms with E-state index in [0.717, 1.165) is 27.7 Å². The zero-order chi connectivity index (χ0) is 19.9. The van der Waals surface area contributed by atoms with Gasteiger partial charge in [0.15, 0.2) is 12.2 Å². The van der Waals surface area contributed by atoms with E-state index in [4.69, 9.17) is 29.2 Å². The number of nitrogens with zero attached hydrogens (tertiary/aromatic N) is 3. The largest absolute Gasteiger partial charge is 0.463 e. The third-order valence-electron chi connectivity index (χ3n) is 3.14. The molecule has 1 heterocycles. The molecule has 0 aromatic rings. The van der Waals surface area contributed by atoms with Crippen LogP contribution in [0.5, 0.6) is 0 Å². The van der Waals surface area contributed by atoms with Crippen molar-refractivity contribution in [3.8, 4) is 0 Å². The molecule has 26 heavy (non-hydrogen) atoms. The minimum Gasteiger partial charge on any atom is -0.463 e. The van der Waals surface area contributed by atoms with Crippen LogP contribution >= 0.6 is 0 Å². The maximum Gasteiger partial charge on any atom is 0.304 e. The summed E-state index contributed by atoms with van der Waals surface area (Å²) in [5.41, 5.74) is 8.78. The average Bonchev–Trinajstić information content (AvgIpc) is 2.49. The van der Waals surface area contributed by atoms with E-state index < -0.39 is 54.5 Å². The van der Waals surface area contributed by atoms with E-state index in [1.54, 1.807) is 0 Å². The highest BCUT2D eigenvalue weighted by molar-refractivity contribution is 5.68. The number of ether oxygens (including phenoxy) is 5. The first-order valence-corrected chi connectivity index (χ1v) is 7.50. The summed E-state index contributed by atoms with van der Waals surface area (Å²) in [6.45, 7) is 4.06. The minimum atomic E-state index is -1.44. The zero-order valence-corrected chi connectivity index (χ0v) is 14.6. The molecule has 5 atom stereocenters. The van der Waals surface area contributed by atoms with Crippen LogP contribution in [0.4, 0.5) is 0 Å². The van der Waals surface area contributed by atoms with Crippen LogP contribution in [0.25, 0.3) is 10.4 Å². The fraction of sp³-hybridized carbons (Fsp3) is 0.714. The third kappa shape index (κ3) is 6.22. The molecule has 0 radical (unpaired) electrons. The van der Waals surface area contributed by atoms with Crippen LogP contribution in [0.3, 0.4) is 0 Å². The van der Waals surface area contributed by atoms with E-state index in [1.165, 1.54) is 0 Å². The number of esters is 4. The van der Waals surface area contributed by atoms with Crippen molar-refractivity contribution in [2.24, 2.45) is 5.11 Å². The van der Waals surface area contributed by atoms with Gasteiger partial charge in [-0.25, -0.2) is 0 Å². The van der Waals surface area contributed by atoms with Gasteiger partial charge < -0.3 is 23.7 Å². The van der Waals surface area contributed by atoms with Crippen LogP contribution in [-0.4, -0.2) is 61.1 Å². The van der Waals surface area contributed by atoms with Crippen molar-refractivity contribution in [3.63, 3.8) is 0 Å². The molecule has 0 N–H and O–H groups in total. The Balaban J connectivity index is 3.28. The fourth-order valence-electron chi connectivity index (χ4n) is 2.33. The molecule has 1 saturated heterocycles. The van der Waals surface area contributed by atoms with Gasteiger partial charge in [-0.05, 0) is 5.53 Å². The van der Waals surface area contributed by atoms with Crippen LogP contribution < -0.4 is 0 Å². The van der Waals surface area contributed by atoms with E-state index in [-0.39, 0.29) is 6.61 Å². The fourth-order valence-corrected chi connectivity index (χ4v) is 2.33. The number of rotatable bonds is 6. The second-order valence-corrected chi connectivity index (χ2v) is 5.30. The first-order valence-electron chi connectivity index (χ1n) is 7.50. The molecule has 0 unspecified atom stereocenters. The van der Waals surface area contributed by atoms with Crippen LogP contribution in [-0.2, 0) is 42.9 Å². The van der Waals surface area contributed by atoms with Crippen molar-refractivity contribution < 1.29 is 42.9 Å². The molecule has 1 aliphatic heterocycles. The summed E-state index contributed by atoms with van der Waals surface area (Å²) in [4.78, 5) is 47.9. The Hall–Kier alpha value is -2.85. The normalized spacial score (nSPS) is 27.5. The molecule has 0 saturated carbocycles. The van der Waals surface area contributed by atoms with Gasteiger partial charge in [0, 0.05) is 32.6 Å². The van der Waals surface area contributed by atoms with Gasteiger partial charge in [-0.15, -0.1) is 0 Å². The van der Waals surface area contributed by atoms with E-state index in [1.807, 2.05) is 0 Å². The second kappa shape index (κ2) is 9.59. The maximum absolute atomic E-state index is 11.5. The zero-order valence-electron chi connectivity index (χ0n) is 14.6. The summed E-state index contributed by atoms with van der Waals surface area (Å²) < 4.78 is 25.5. The molecule has 0 aliphatic carbocycles. The third-order valence-corrected chi connectivity index (χ3v) is 3.14. The highest BCUT2D eigenvalue weighted by Gasteiger charge is 2.51. The number of hydrogen-bond acceptors (Lipinski definition) is 10. The van der Waals surface area contributed by atoms with Crippen molar-refractivity contribution in [2.45, 2.75) is 58.3 Å². The topological polar surface area (TPSA) is 163 Å². The smallest absolute Gasteiger partial charge is 0.304 e. The van der Waals surface area contributed by atoms with Crippen molar-refractivity contribution in [2.75, 3.05) is 6.61 Å². The van der Waals surface area contributed by atoms with Gasteiger partial charge >= 0.3 is 23.9 Å². The standard InChI is InChI=1S/C14H19N3O9/c1-6(18)22-5-10-12(23-7(2)19)13(24-8(3)20)11(16-17-15)14(26-10)25-9(4)21/h10-14H,5H2,1-4H3/t10-,11+,12-,13-,14+/m0/s1. The summed E-state index contributed by atoms with van der Waals surface area (Å²) in [7, 11) is 0. The number of carbonyl (C=O) groups is 4. The van der Waals surface area contributed by atoms with Gasteiger partial charge in [0.25, 0.3) is 0 Å². The Labute approximate surface area is 148 Å². The van der Waals surface area contributed by atoms with Gasteiger partial charge in [0.1, 0.15) is 18.8 Å². The number of hydrogen-bond donors (Lipinski definition) is 0. The van der Waals surface area contributed by atoms with E-state index in [0.29, 0.717) is 0 Å². The first kappa shape index (κ1) is 21.2. The predicted octanol–water partition coefficient (Wildman–Crippen LogP) is 0.380. The quantitative estimate of drug-likeness (QED) is 0.210. The number of azide groups is 1. The Kier molecular flexibility index (Phi) is 7.81. The lowest BCUT2D eigenvalue weighted by molar-refractivity contribution is -0.267. The molecule has 0 spiro atoms. The van der Waals surface area contributed by atoms with E-state index >= 15 is 0 Å². The van der Waals surface area contributed by atoms with Gasteiger partial charge in [0.2, 0.25) is 6.29 Å². The first-order chi connectivity index (χ1) is 12.1. The van der Waals surface area contributed by atoms with Gasteiger partial charge in [-0.1, -0.05) is 5.11 Å². The Morgan fingerprint density at radius 1 is 0.923 bits per heavy atom. The Morgan fingerprint density at radius 2 is 1.46 bits per heavy atom. The molecule has 12 nitrogen and oxygen atoms in total. The molecule has 0 aromatic heterocycles. The molecule has 0 aromatic carbocycles. The van der Waals surface area contributed by atoms with Crippen molar-refractivity contribution in [1.82, 2.24) is 0 Å². The van der Waals surface area contributed by atoms with Crippen LogP contribution in [0.2, 0.25) is 0 Å². The Morgan fingerprint density at radius 3 is 1.92 bits per heavy atom. The van der Waals surface area contributed by atoms with E-state index in [2.05, 4.69) is 10.0 Å². The molecule has 1 rings (SSSR count). The van der Waals surface area contributed by atoms with Gasteiger partial charge in [0.05, 0.1) is 0 Å². The Bertz CT molecular complexity index is 617. The monoisotopic (exact) mass is 373 g/mol.